The molecule has 2 N–H and O–H groups in total. The highest BCUT2D eigenvalue weighted by molar-refractivity contribution is 5.65. The number of rotatable bonds is 9. The van der Waals surface area contributed by atoms with Gasteiger partial charge in [-0.1, -0.05) is 0 Å². The van der Waals surface area contributed by atoms with E-state index in [4.69, 9.17) is 14.6 Å². The third-order valence-electron chi connectivity index (χ3n) is 6.85. The summed E-state index contributed by atoms with van der Waals surface area (Å²) in [6, 6.07) is 11.7. The Hall–Kier alpha value is -3.62. The number of hydrogen-bond acceptors (Lipinski definition) is 10. The summed E-state index contributed by atoms with van der Waals surface area (Å²) in [7, 11) is 0. The second-order valence-corrected chi connectivity index (χ2v) is 9.57. The summed E-state index contributed by atoms with van der Waals surface area (Å²) in [6.45, 7) is 6.97. The van der Waals surface area contributed by atoms with Gasteiger partial charge in [-0.2, -0.15) is 5.26 Å². The van der Waals surface area contributed by atoms with Gasteiger partial charge >= 0.3 is 0 Å². The van der Waals surface area contributed by atoms with Gasteiger partial charge in [0.1, 0.15) is 17.9 Å². The van der Waals surface area contributed by atoms with Gasteiger partial charge in [0.15, 0.2) is 0 Å². The lowest BCUT2D eigenvalue weighted by atomic mass is 10.1. The molecule has 0 bridgehead atoms. The van der Waals surface area contributed by atoms with Gasteiger partial charge in [-0.05, 0) is 35.9 Å². The predicted molar refractivity (Wildman–Crippen MR) is 143 cm³/mol. The number of aliphatic hydroxyl groups excluding tert-OH is 1. The van der Waals surface area contributed by atoms with Crippen LogP contribution in [0.1, 0.15) is 24.0 Å². The van der Waals surface area contributed by atoms with Gasteiger partial charge in [0.2, 0.25) is 5.95 Å². The number of benzene rings is 1. The zero-order chi connectivity index (χ0) is 26.2. The van der Waals surface area contributed by atoms with Crippen LogP contribution in [0, 0.1) is 11.3 Å². The van der Waals surface area contributed by atoms with Crippen molar-refractivity contribution in [3.05, 3.63) is 60.0 Å². The van der Waals surface area contributed by atoms with Crippen LogP contribution in [0.2, 0.25) is 0 Å². The van der Waals surface area contributed by atoms with Crippen molar-refractivity contribution in [1.29, 1.82) is 5.26 Å². The van der Waals surface area contributed by atoms with Crippen LogP contribution in [0.25, 0.3) is 11.3 Å². The van der Waals surface area contributed by atoms with Gasteiger partial charge in [0, 0.05) is 70.1 Å². The number of aromatic nitrogens is 3. The molecule has 5 rings (SSSR count). The molecular formula is C28H33N7O3. The highest BCUT2D eigenvalue weighted by atomic mass is 16.5. The van der Waals surface area contributed by atoms with Crippen molar-refractivity contribution in [2.75, 3.05) is 57.9 Å². The molecule has 0 unspecified atom stereocenters. The van der Waals surface area contributed by atoms with E-state index in [9.17, 15) is 5.26 Å². The van der Waals surface area contributed by atoms with E-state index in [2.05, 4.69) is 42.2 Å². The molecule has 0 amide bonds. The molecule has 0 radical (unpaired) electrons. The molecule has 38 heavy (non-hydrogen) atoms. The number of nitrogens with one attached hydrogen (secondary N) is 1. The number of aliphatic hydroxyl groups is 1. The minimum atomic E-state index is 0.0665. The topological polar surface area (TPSA) is 120 Å². The Morgan fingerprint density at radius 2 is 1.89 bits per heavy atom. The molecule has 0 atom stereocenters. The molecule has 0 spiro atoms. The Morgan fingerprint density at radius 1 is 1.08 bits per heavy atom. The average Bonchev–Trinajstić information content (AvgIpc) is 2.95. The number of pyridine rings is 1. The summed E-state index contributed by atoms with van der Waals surface area (Å²) in [5.74, 6) is 1.05. The minimum absolute atomic E-state index is 0.0665. The van der Waals surface area contributed by atoms with E-state index in [-0.39, 0.29) is 12.7 Å². The molecule has 0 aliphatic carbocycles. The van der Waals surface area contributed by atoms with Gasteiger partial charge in [0.25, 0.3) is 0 Å². The molecule has 2 fully saturated rings. The quantitative estimate of drug-likeness (QED) is 0.440. The average molecular weight is 516 g/mol. The number of hydrogen-bond donors (Lipinski definition) is 2. The fraction of sp³-hybridized carbons (Fsp3) is 0.429. The fourth-order valence-electron chi connectivity index (χ4n) is 4.77. The lowest BCUT2D eigenvalue weighted by Gasteiger charge is -2.34. The lowest BCUT2D eigenvalue weighted by Crippen LogP contribution is -2.46. The zero-order valence-corrected chi connectivity index (χ0v) is 21.4. The van der Waals surface area contributed by atoms with E-state index < -0.39 is 0 Å². The molecule has 1 aromatic carbocycles. The first kappa shape index (κ1) is 26.0. The van der Waals surface area contributed by atoms with Crippen LogP contribution in [0.3, 0.4) is 0 Å². The molecule has 2 saturated heterocycles. The van der Waals surface area contributed by atoms with Crippen molar-refractivity contribution in [3.63, 3.8) is 0 Å². The first-order valence-electron chi connectivity index (χ1n) is 13.1. The fourth-order valence-corrected chi connectivity index (χ4v) is 4.77. The van der Waals surface area contributed by atoms with E-state index >= 15 is 0 Å². The van der Waals surface area contributed by atoms with Crippen molar-refractivity contribution in [3.8, 4) is 23.1 Å². The van der Waals surface area contributed by atoms with E-state index in [0.717, 1.165) is 68.9 Å². The largest absolute Gasteiger partial charge is 0.489 e. The Morgan fingerprint density at radius 3 is 2.68 bits per heavy atom. The zero-order valence-electron chi connectivity index (χ0n) is 21.4. The summed E-state index contributed by atoms with van der Waals surface area (Å²) < 4.78 is 11.5. The standard InChI is InChI=1S/C28H33N7O3/c29-17-23-16-22(1-2-27(23)38-25-4-13-37-14-5-25)26-3-6-31-28(33-26)32-24-15-21(18-30-19-24)20-35-9-7-34(8-10-35)11-12-36/h1-3,6,15-16,18-19,25,36H,4-5,7-14,20H2,(H,31,32,33). The molecule has 2 aromatic heterocycles. The van der Waals surface area contributed by atoms with Gasteiger partial charge in [0.05, 0.1) is 43.0 Å². The first-order valence-corrected chi connectivity index (χ1v) is 13.1. The molecule has 3 aromatic rings. The van der Waals surface area contributed by atoms with Gasteiger partial charge in [-0.3, -0.25) is 14.8 Å². The Kier molecular flexibility index (Phi) is 8.73. The molecule has 2 aliphatic rings. The first-order chi connectivity index (χ1) is 18.7. The number of ether oxygens (including phenoxy) is 2. The van der Waals surface area contributed by atoms with Crippen LogP contribution in [-0.4, -0.2) is 88.5 Å². The number of anilines is 2. The van der Waals surface area contributed by atoms with Gasteiger partial charge in [-0.15, -0.1) is 0 Å². The number of nitriles is 1. The maximum Gasteiger partial charge on any atom is 0.227 e. The van der Waals surface area contributed by atoms with Gasteiger partial charge < -0.3 is 19.9 Å². The summed E-state index contributed by atoms with van der Waals surface area (Å²) in [4.78, 5) is 18.1. The summed E-state index contributed by atoms with van der Waals surface area (Å²) in [6.07, 6.45) is 7.06. The second kappa shape index (κ2) is 12.8. The van der Waals surface area contributed by atoms with Crippen LogP contribution in [0.15, 0.2) is 48.9 Å². The smallest absolute Gasteiger partial charge is 0.227 e. The van der Waals surface area contributed by atoms with Crippen molar-refractivity contribution in [2.45, 2.75) is 25.5 Å². The number of β-amino-alcohol motifs (C(OH)–C–C–N with tert-alkyl or cyclic N) is 1. The van der Waals surface area contributed by atoms with Crippen LogP contribution >= 0.6 is 0 Å². The van der Waals surface area contributed by atoms with Crippen molar-refractivity contribution in [2.24, 2.45) is 0 Å². The maximum atomic E-state index is 9.73. The molecule has 0 saturated carbocycles. The normalized spacial score (nSPS) is 17.2. The lowest BCUT2D eigenvalue weighted by molar-refractivity contribution is 0.0254. The van der Waals surface area contributed by atoms with E-state index in [1.165, 1.54) is 0 Å². The number of nitrogens with zero attached hydrogens (tertiary/aromatic N) is 6. The van der Waals surface area contributed by atoms with Crippen molar-refractivity contribution >= 4 is 11.6 Å². The Bertz CT molecular complexity index is 1250. The molecule has 10 heteroatoms. The summed E-state index contributed by atoms with van der Waals surface area (Å²) >= 11 is 0. The monoisotopic (exact) mass is 515 g/mol. The van der Waals surface area contributed by atoms with Crippen LogP contribution < -0.4 is 10.1 Å². The molecule has 4 heterocycles. The molecule has 10 nitrogen and oxygen atoms in total. The number of piperazine rings is 1. The summed E-state index contributed by atoms with van der Waals surface area (Å²) in [5.41, 5.74) is 3.94. The highest BCUT2D eigenvalue weighted by Crippen LogP contribution is 2.28. The summed E-state index contributed by atoms with van der Waals surface area (Å²) in [5, 5.41) is 22.1. The van der Waals surface area contributed by atoms with Crippen molar-refractivity contribution < 1.29 is 14.6 Å². The third-order valence-corrected chi connectivity index (χ3v) is 6.85. The molecule has 198 valence electrons. The third kappa shape index (κ3) is 6.82. The van der Waals surface area contributed by atoms with E-state index in [1.54, 1.807) is 12.4 Å². The van der Waals surface area contributed by atoms with Crippen LogP contribution in [0.4, 0.5) is 11.6 Å². The Balaban J connectivity index is 1.24. The molecule has 2 aliphatic heterocycles. The van der Waals surface area contributed by atoms with Crippen LogP contribution in [-0.2, 0) is 11.3 Å². The SMILES string of the molecule is N#Cc1cc(-c2ccnc(Nc3cncc(CN4CCN(CCO)CC4)c3)n2)ccc1OC1CCOCC1. The highest BCUT2D eigenvalue weighted by Gasteiger charge is 2.18. The van der Waals surface area contributed by atoms with Crippen LogP contribution in [0.5, 0.6) is 5.75 Å². The minimum Gasteiger partial charge on any atom is -0.489 e. The Labute approximate surface area is 222 Å². The van der Waals surface area contributed by atoms with E-state index in [1.807, 2.05) is 30.5 Å². The van der Waals surface area contributed by atoms with E-state index in [0.29, 0.717) is 36.2 Å². The van der Waals surface area contributed by atoms with Gasteiger partial charge in [-0.25, -0.2) is 9.97 Å². The predicted octanol–water partition coefficient (Wildman–Crippen LogP) is 2.82. The van der Waals surface area contributed by atoms with Crippen molar-refractivity contribution in [1.82, 2.24) is 24.8 Å². The second-order valence-electron chi connectivity index (χ2n) is 9.57. The maximum absolute atomic E-state index is 9.73. The molecular weight excluding hydrogens is 482 g/mol.